The van der Waals surface area contributed by atoms with Crippen LogP contribution in [0.15, 0.2) is 11.8 Å². The van der Waals surface area contributed by atoms with E-state index in [1.807, 2.05) is 0 Å². The van der Waals surface area contributed by atoms with Crippen LogP contribution in [0.5, 0.6) is 0 Å². The lowest BCUT2D eigenvalue weighted by Crippen LogP contribution is -2.06. The lowest BCUT2D eigenvalue weighted by Gasteiger charge is -2.10. The highest BCUT2D eigenvalue weighted by atomic mass is 16.5. The molecule has 0 radical (unpaired) electrons. The quantitative estimate of drug-likeness (QED) is 0.383. The molecule has 1 atom stereocenters. The smallest absolute Gasteiger partial charge is 0.370 e. The van der Waals surface area contributed by atoms with Crippen molar-refractivity contribution in [3.8, 4) is 0 Å². The monoisotopic (exact) mass is 214 g/mol. The number of aliphatic carboxylic acids is 1. The molecule has 0 fully saturated rings. The molecular formula is C12H22O3. The fraction of sp³-hybridized carbons (Fsp3) is 0.750. The van der Waals surface area contributed by atoms with E-state index in [0.29, 0.717) is 5.92 Å². The van der Waals surface area contributed by atoms with Crippen molar-refractivity contribution in [1.29, 1.82) is 0 Å². The van der Waals surface area contributed by atoms with Gasteiger partial charge in [0.25, 0.3) is 0 Å². The molecule has 0 saturated heterocycles. The van der Waals surface area contributed by atoms with Crippen LogP contribution in [0.3, 0.4) is 0 Å². The normalized spacial score (nSPS) is 13.7. The minimum absolute atomic E-state index is 0.0679. The third-order valence-corrected chi connectivity index (χ3v) is 2.52. The first-order valence-electron chi connectivity index (χ1n) is 5.64. The lowest BCUT2D eigenvalue weighted by molar-refractivity contribution is -0.136. The molecular weight excluding hydrogens is 192 g/mol. The number of carboxylic acid groups (broad SMARTS) is 1. The predicted octanol–water partition coefficient (Wildman–Crippen LogP) is 3.21. The van der Waals surface area contributed by atoms with Gasteiger partial charge in [0.1, 0.15) is 0 Å². The zero-order chi connectivity index (χ0) is 11.7. The molecule has 0 saturated carbocycles. The van der Waals surface area contributed by atoms with Gasteiger partial charge in [-0.25, -0.2) is 4.79 Å². The van der Waals surface area contributed by atoms with E-state index in [2.05, 4.69) is 13.8 Å². The number of hydrogen-bond acceptors (Lipinski definition) is 2. The third kappa shape index (κ3) is 6.15. The van der Waals surface area contributed by atoms with Crippen LogP contribution in [0.1, 0.15) is 46.0 Å². The van der Waals surface area contributed by atoms with Crippen molar-refractivity contribution in [3.05, 3.63) is 11.8 Å². The summed E-state index contributed by atoms with van der Waals surface area (Å²) < 4.78 is 4.81. The van der Waals surface area contributed by atoms with Gasteiger partial charge in [-0.15, -0.1) is 0 Å². The molecule has 0 bridgehead atoms. The Kier molecular flexibility index (Phi) is 7.78. The van der Waals surface area contributed by atoms with E-state index in [-0.39, 0.29) is 5.76 Å². The van der Waals surface area contributed by atoms with Crippen LogP contribution in [-0.4, -0.2) is 18.2 Å². The van der Waals surface area contributed by atoms with E-state index in [1.54, 1.807) is 6.08 Å². The first-order valence-corrected chi connectivity index (χ1v) is 5.64. The molecule has 1 unspecified atom stereocenters. The summed E-state index contributed by atoms with van der Waals surface area (Å²) in [4.78, 5) is 10.7. The molecule has 1 N–H and O–H groups in total. The van der Waals surface area contributed by atoms with Crippen LogP contribution in [0.4, 0.5) is 0 Å². The highest BCUT2D eigenvalue weighted by Gasteiger charge is 2.10. The number of hydrogen-bond donors (Lipinski definition) is 1. The van der Waals surface area contributed by atoms with Crippen molar-refractivity contribution in [2.24, 2.45) is 5.92 Å². The number of carbonyl (C=O) groups is 1. The average molecular weight is 214 g/mol. The number of unbranched alkanes of at least 4 members (excludes halogenated alkanes) is 2. The molecule has 0 rings (SSSR count). The van der Waals surface area contributed by atoms with Gasteiger partial charge < -0.3 is 9.84 Å². The van der Waals surface area contributed by atoms with Gasteiger partial charge in [-0.2, -0.15) is 0 Å². The fourth-order valence-corrected chi connectivity index (χ4v) is 1.50. The van der Waals surface area contributed by atoms with Crippen LogP contribution < -0.4 is 0 Å². The van der Waals surface area contributed by atoms with Gasteiger partial charge in [0.05, 0.1) is 7.11 Å². The first-order chi connectivity index (χ1) is 7.15. The minimum Gasteiger partial charge on any atom is -0.490 e. The van der Waals surface area contributed by atoms with E-state index >= 15 is 0 Å². The third-order valence-electron chi connectivity index (χ3n) is 2.52. The standard InChI is InChI=1S/C12H22O3/c1-4-6-7-8-10(5-2)9-11(15-3)12(13)14/h9-10H,4-8H2,1-3H3,(H,13,14). The van der Waals surface area contributed by atoms with Crippen LogP contribution >= 0.6 is 0 Å². The Morgan fingerprint density at radius 1 is 1.40 bits per heavy atom. The van der Waals surface area contributed by atoms with Gasteiger partial charge in [-0.3, -0.25) is 0 Å². The van der Waals surface area contributed by atoms with E-state index in [0.717, 1.165) is 19.3 Å². The summed E-state index contributed by atoms with van der Waals surface area (Å²) in [6, 6.07) is 0. The Hall–Kier alpha value is -0.990. The van der Waals surface area contributed by atoms with Crippen molar-refractivity contribution in [1.82, 2.24) is 0 Å². The summed E-state index contributed by atoms with van der Waals surface area (Å²) >= 11 is 0. The van der Waals surface area contributed by atoms with Crippen LogP contribution in [0.25, 0.3) is 0 Å². The lowest BCUT2D eigenvalue weighted by atomic mass is 9.98. The van der Waals surface area contributed by atoms with Crippen LogP contribution in [0, 0.1) is 5.92 Å². The highest BCUT2D eigenvalue weighted by molar-refractivity contribution is 5.84. The summed E-state index contributed by atoms with van der Waals surface area (Å²) in [6.07, 6.45) is 7.30. The van der Waals surface area contributed by atoms with Gasteiger partial charge in [0, 0.05) is 0 Å². The Labute approximate surface area is 92.1 Å². The van der Waals surface area contributed by atoms with E-state index in [4.69, 9.17) is 9.84 Å². The fourth-order valence-electron chi connectivity index (χ4n) is 1.50. The summed E-state index contributed by atoms with van der Waals surface area (Å²) in [5, 5.41) is 8.80. The predicted molar refractivity (Wildman–Crippen MR) is 60.7 cm³/mol. The molecule has 0 aromatic carbocycles. The summed E-state index contributed by atoms with van der Waals surface area (Å²) in [6.45, 7) is 4.23. The number of methoxy groups -OCH3 is 1. The van der Waals surface area contributed by atoms with Crippen molar-refractivity contribution in [2.75, 3.05) is 7.11 Å². The van der Waals surface area contributed by atoms with Gasteiger partial charge >= 0.3 is 5.97 Å². The second-order valence-corrected chi connectivity index (χ2v) is 3.70. The summed E-state index contributed by atoms with van der Waals surface area (Å²) in [7, 11) is 1.40. The van der Waals surface area contributed by atoms with Gasteiger partial charge in [-0.05, 0) is 24.8 Å². The zero-order valence-electron chi connectivity index (χ0n) is 9.95. The maximum absolute atomic E-state index is 10.7. The molecule has 0 amide bonds. The Balaban J connectivity index is 4.20. The molecule has 0 aliphatic heterocycles. The molecule has 0 spiro atoms. The average Bonchev–Trinajstić information content (AvgIpc) is 2.22. The van der Waals surface area contributed by atoms with Crippen molar-refractivity contribution < 1.29 is 14.6 Å². The maximum atomic E-state index is 10.7. The number of carboxylic acids is 1. The van der Waals surface area contributed by atoms with Gasteiger partial charge in [0.2, 0.25) is 0 Å². The van der Waals surface area contributed by atoms with E-state index < -0.39 is 5.97 Å². The van der Waals surface area contributed by atoms with Crippen LogP contribution in [-0.2, 0) is 9.53 Å². The molecule has 3 nitrogen and oxygen atoms in total. The van der Waals surface area contributed by atoms with E-state index in [9.17, 15) is 4.79 Å². The molecule has 0 aliphatic carbocycles. The second kappa shape index (κ2) is 8.33. The van der Waals surface area contributed by atoms with Crippen molar-refractivity contribution in [2.45, 2.75) is 46.0 Å². The molecule has 3 heteroatoms. The minimum atomic E-state index is -0.980. The largest absolute Gasteiger partial charge is 0.490 e. The Bertz CT molecular complexity index is 209. The molecule has 0 aromatic rings. The van der Waals surface area contributed by atoms with Crippen molar-refractivity contribution >= 4 is 5.97 Å². The number of ether oxygens (including phenoxy) is 1. The SMILES string of the molecule is CCCCCC(C=C(OC)C(=O)O)CC. The van der Waals surface area contributed by atoms with Gasteiger partial charge in [0.15, 0.2) is 5.76 Å². The summed E-state index contributed by atoms with van der Waals surface area (Å²) in [5.74, 6) is -0.590. The molecule has 0 heterocycles. The first kappa shape index (κ1) is 14.0. The number of rotatable bonds is 8. The van der Waals surface area contributed by atoms with Crippen molar-refractivity contribution in [3.63, 3.8) is 0 Å². The maximum Gasteiger partial charge on any atom is 0.370 e. The topological polar surface area (TPSA) is 46.5 Å². The molecule has 88 valence electrons. The van der Waals surface area contributed by atoms with E-state index in [1.165, 1.54) is 20.0 Å². The highest BCUT2D eigenvalue weighted by Crippen LogP contribution is 2.17. The Morgan fingerprint density at radius 3 is 2.47 bits per heavy atom. The zero-order valence-corrected chi connectivity index (χ0v) is 9.95. The Morgan fingerprint density at radius 2 is 2.07 bits per heavy atom. The van der Waals surface area contributed by atoms with Crippen LogP contribution in [0.2, 0.25) is 0 Å². The second-order valence-electron chi connectivity index (χ2n) is 3.70. The number of allylic oxidation sites excluding steroid dienone is 1. The molecule has 15 heavy (non-hydrogen) atoms. The van der Waals surface area contributed by atoms with Gasteiger partial charge in [-0.1, -0.05) is 33.1 Å². The molecule has 0 aliphatic rings. The molecule has 0 aromatic heterocycles. The summed E-state index contributed by atoms with van der Waals surface area (Å²) in [5.41, 5.74) is 0.